The first kappa shape index (κ1) is 12.6. The highest BCUT2D eigenvalue weighted by Gasteiger charge is 1.94. The van der Waals surface area contributed by atoms with E-state index in [4.69, 9.17) is 5.53 Å². The molecule has 0 aliphatic rings. The summed E-state index contributed by atoms with van der Waals surface area (Å²) < 4.78 is 0. The van der Waals surface area contributed by atoms with E-state index in [2.05, 4.69) is 16.9 Å². The van der Waals surface area contributed by atoms with E-state index < -0.39 is 0 Å². The van der Waals surface area contributed by atoms with Gasteiger partial charge in [-0.05, 0) is 23.9 Å². The molecule has 0 aliphatic heterocycles. The average molecular weight is 217 g/mol. The molecule has 0 unspecified atom stereocenters. The summed E-state index contributed by atoms with van der Waals surface area (Å²) in [4.78, 5) is 2.76. The third-order valence-corrected chi connectivity index (χ3v) is 2.67. The van der Waals surface area contributed by atoms with Gasteiger partial charge in [-0.2, -0.15) is 0 Å². The molecule has 0 saturated carbocycles. The zero-order valence-corrected chi connectivity index (χ0v) is 9.89. The Kier molecular flexibility index (Phi) is 6.12. The smallest absolute Gasteiger partial charge is 0.0375 e. The second kappa shape index (κ2) is 7.77. The van der Waals surface area contributed by atoms with E-state index >= 15 is 0 Å². The Bertz CT molecular complexity index is 337. The molecule has 0 radical (unpaired) electrons. The lowest BCUT2D eigenvalue weighted by Gasteiger charge is -2.01. The fourth-order valence-electron chi connectivity index (χ4n) is 1.71. The number of rotatable bonds is 7. The lowest BCUT2D eigenvalue weighted by molar-refractivity contribution is 0.632. The van der Waals surface area contributed by atoms with Crippen molar-refractivity contribution in [1.29, 1.82) is 0 Å². The first-order chi connectivity index (χ1) is 7.86. The highest BCUT2D eigenvalue weighted by atomic mass is 15.1. The molecule has 16 heavy (non-hydrogen) atoms. The van der Waals surface area contributed by atoms with Gasteiger partial charge in [-0.15, -0.1) is 0 Å². The maximum Gasteiger partial charge on any atom is 0.0375 e. The largest absolute Gasteiger partial charge is 0.0654 e. The second-order valence-corrected chi connectivity index (χ2v) is 4.02. The SMILES string of the molecule is CCCCCCCc1ccc(N=[N+]=[N-])cc1. The van der Waals surface area contributed by atoms with E-state index in [0.717, 1.165) is 6.42 Å². The summed E-state index contributed by atoms with van der Waals surface area (Å²) in [6.45, 7) is 2.23. The molecule has 1 aromatic carbocycles. The average Bonchev–Trinajstić information content (AvgIpc) is 2.31. The van der Waals surface area contributed by atoms with E-state index in [-0.39, 0.29) is 0 Å². The second-order valence-electron chi connectivity index (χ2n) is 4.02. The highest BCUT2D eigenvalue weighted by Crippen LogP contribution is 2.15. The summed E-state index contributed by atoms with van der Waals surface area (Å²) >= 11 is 0. The molecule has 0 bridgehead atoms. The van der Waals surface area contributed by atoms with Gasteiger partial charge in [-0.3, -0.25) is 0 Å². The summed E-state index contributed by atoms with van der Waals surface area (Å²) in [7, 11) is 0. The van der Waals surface area contributed by atoms with Crippen LogP contribution in [0.2, 0.25) is 0 Å². The zero-order chi connectivity index (χ0) is 11.6. The van der Waals surface area contributed by atoms with Crippen LogP contribution in [0.3, 0.4) is 0 Å². The van der Waals surface area contributed by atoms with Gasteiger partial charge in [-0.1, -0.05) is 62.0 Å². The molecule has 0 atom stereocenters. The first-order valence-corrected chi connectivity index (χ1v) is 6.01. The van der Waals surface area contributed by atoms with Crippen molar-refractivity contribution in [2.45, 2.75) is 45.4 Å². The molecule has 1 aromatic rings. The van der Waals surface area contributed by atoms with Gasteiger partial charge in [0.25, 0.3) is 0 Å². The molecule has 3 nitrogen and oxygen atoms in total. The van der Waals surface area contributed by atoms with Crippen LogP contribution in [0.15, 0.2) is 29.4 Å². The summed E-state index contributed by atoms with van der Waals surface area (Å²) in [5.74, 6) is 0. The number of nitrogens with zero attached hydrogens (tertiary/aromatic N) is 3. The maximum atomic E-state index is 8.27. The molecule has 0 saturated heterocycles. The number of aryl methyl sites for hydroxylation is 1. The van der Waals surface area contributed by atoms with Crippen molar-refractivity contribution in [2.24, 2.45) is 5.11 Å². The van der Waals surface area contributed by atoms with E-state index in [1.165, 1.54) is 37.7 Å². The van der Waals surface area contributed by atoms with Crippen molar-refractivity contribution in [1.82, 2.24) is 0 Å². The van der Waals surface area contributed by atoms with Gasteiger partial charge in [0.1, 0.15) is 0 Å². The molecular weight excluding hydrogens is 198 g/mol. The van der Waals surface area contributed by atoms with Gasteiger partial charge >= 0.3 is 0 Å². The topological polar surface area (TPSA) is 48.8 Å². The number of hydrogen-bond acceptors (Lipinski definition) is 1. The van der Waals surface area contributed by atoms with Gasteiger partial charge in [0.15, 0.2) is 0 Å². The number of benzene rings is 1. The summed E-state index contributed by atoms with van der Waals surface area (Å²) in [6, 6.07) is 7.84. The van der Waals surface area contributed by atoms with Crippen LogP contribution in [-0.4, -0.2) is 0 Å². The van der Waals surface area contributed by atoms with Crippen molar-refractivity contribution >= 4 is 5.69 Å². The molecule has 0 amide bonds. The molecule has 86 valence electrons. The minimum Gasteiger partial charge on any atom is -0.0654 e. The lowest BCUT2D eigenvalue weighted by Crippen LogP contribution is -1.85. The molecule has 0 aliphatic carbocycles. The van der Waals surface area contributed by atoms with Crippen molar-refractivity contribution in [2.75, 3.05) is 0 Å². The molecule has 1 rings (SSSR count). The van der Waals surface area contributed by atoms with Crippen LogP contribution in [0.4, 0.5) is 5.69 Å². The van der Waals surface area contributed by atoms with E-state index in [9.17, 15) is 0 Å². The standard InChI is InChI=1S/C13H19N3/c1-2-3-4-5-6-7-12-8-10-13(11-9-12)15-16-14/h8-11H,2-7H2,1H3. The van der Waals surface area contributed by atoms with E-state index in [0.29, 0.717) is 5.69 Å². The van der Waals surface area contributed by atoms with Crippen LogP contribution in [0.5, 0.6) is 0 Å². The third-order valence-electron chi connectivity index (χ3n) is 2.67. The number of azide groups is 1. The maximum absolute atomic E-state index is 8.27. The Hall–Kier alpha value is -1.47. The van der Waals surface area contributed by atoms with Gasteiger partial charge < -0.3 is 0 Å². The Balaban J connectivity index is 2.29. The van der Waals surface area contributed by atoms with Crippen molar-refractivity contribution < 1.29 is 0 Å². The monoisotopic (exact) mass is 217 g/mol. The molecule has 0 N–H and O–H groups in total. The van der Waals surface area contributed by atoms with Gasteiger partial charge in [-0.25, -0.2) is 0 Å². The fourth-order valence-corrected chi connectivity index (χ4v) is 1.71. The van der Waals surface area contributed by atoms with Crippen molar-refractivity contribution in [3.05, 3.63) is 40.3 Å². The minimum absolute atomic E-state index is 0.692. The third kappa shape index (κ3) is 4.85. The molecule has 3 heteroatoms. The highest BCUT2D eigenvalue weighted by molar-refractivity contribution is 5.38. The first-order valence-electron chi connectivity index (χ1n) is 6.01. The summed E-state index contributed by atoms with van der Waals surface area (Å²) in [5, 5.41) is 3.55. The Morgan fingerprint density at radius 2 is 1.75 bits per heavy atom. The zero-order valence-electron chi connectivity index (χ0n) is 9.89. The van der Waals surface area contributed by atoms with E-state index in [1.807, 2.05) is 24.3 Å². The van der Waals surface area contributed by atoms with E-state index in [1.54, 1.807) is 0 Å². The van der Waals surface area contributed by atoms with Crippen molar-refractivity contribution in [3.63, 3.8) is 0 Å². The normalized spacial score (nSPS) is 9.81. The van der Waals surface area contributed by atoms with Crippen LogP contribution in [0.1, 0.15) is 44.6 Å². The Morgan fingerprint density at radius 1 is 1.06 bits per heavy atom. The molecule has 0 heterocycles. The molecule has 0 aromatic heterocycles. The van der Waals surface area contributed by atoms with Gasteiger partial charge in [0.05, 0.1) is 0 Å². The number of unbranched alkanes of at least 4 members (excludes halogenated alkanes) is 4. The van der Waals surface area contributed by atoms with Crippen LogP contribution in [-0.2, 0) is 6.42 Å². The fraction of sp³-hybridized carbons (Fsp3) is 0.538. The van der Waals surface area contributed by atoms with Gasteiger partial charge in [0, 0.05) is 10.6 Å². The lowest BCUT2D eigenvalue weighted by atomic mass is 10.1. The molecule has 0 fully saturated rings. The van der Waals surface area contributed by atoms with Crippen LogP contribution < -0.4 is 0 Å². The van der Waals surface area contributed by atoms with Crippen LogP contribution in [0.25, 0.3) is 10.4 Å². The molecule has 0 spiro atoms. The predicted octanol–water partition coefficient (Wildman–Crippen LogP) is 5.14. The van der Waals surface area contributed by atoms with Crippen molar-refractivity contribution in [3.8, 4) is 0 Å². The summed E-state index contributed by atoms with van der Waals surface area (Å²) in [5.41, 5.74) is 10.3. The Labute approximate surface area is 97.1 Å². The van der Waals surface area contributed by atoms with Crippen LogP contribution in [0, 0.1) is 0 Å². The Morgan fingerprint density at radius 3 is 2.38 bits per heavy atom. The molecular formula is C13H19N3. The summed E-state index contributed by atoms with van der Waals surface area (Å²) in [6.07, 6.45) is 7.66. The quantitative estimate of drug-likeness (QED) is 0.263. The predicted molar refractivity (Wildman–Crippen MR) is 67.7 cm³/mol. The minimum atomic E-state index is 0.692. The van der Waals surface area contributed by atoms with Crippen LogP contribution >= 0.6 is 0 Å². The number of hydrogen-bond donors (Lipinski definition) is 0. The van der Waals surface area contributed by atoms with Gasteiger partial charge in [0.2, 0.25) is 0 Å².